The van der Waals surface area contributed by atoms with E-state index in [2.05, 4.69) is 66.3 Å². The van der Waals surface area contributed by atoms with Gasteiger partial charge < -0.3 is 10.2 Å². The molecule has 0 spiro atoms. The molecule has 0 atom stereocenters. The summed E-state index contributed by atoms with van der Waals surface area (Å²) in [5.41, 5.74) is 5.16. The van der Waals surface area contributed by atoms with Gasteiger partial charge in [0.2, 0.25) is 0 Å². The standard InChI is InChI=1S/C18H25N3/c1-4-21(5-2)18-8-6-16(7-9-18)13-20-14-17-10-11-19-12-15(17)3/h6-12,20H,4-5,13-14H2,1-3H3. The molecule has 0 aliphatic carbocycles. The molecule has 112 valence electrons. The third kappa shape index (κ3) is 4.30. The maximum absolute atomic E-state index is 4.12. The summed E-state index contributed by atoms with van der Waals surface area (Å²) in [6.45, 7) is 10.4. The lowest BCUT2D eigenvalue weighted by atomic mass is 10.1. The van der Waals surface area contributed by atoms with Crippen molar-refractivity contribution >= 4 is 5.69 Å². The molecule has 0 bridgehead atoms. The lowest BCUT2D eigenvalue weighted by molar-refractivity contribution is 0.689. The molecule has 2 aromatic rings. The van der Waals surface area contributed by atoms with E-state index >= 15 is 0 Å². The molecule has 0 fully saturated rings. The maximum Gasteiger partial charge on any atom is 0.0366 e. The van der Waals surface area contributed by atoms with Crippen molar-refractivity contribution < 1.29 is 0 Å². The minimum absolute atomic E-state index is 0.881. The first kappa shape index (κ1) is 15.5. The van der Waals surface area contributed by atoms with Crippen molar-refractivity contribution in [3.63, 3.8) is 0 Å². The molecular weight excluding hydrogens is 258 g/mol. The Morgan fingerprint density at radius 1 is 1.00 bits per heavy atom. The molecule has 0 unspecified atom stereocenters. The molecule has 1 heterocycles. The molecule has 3 nitrogen and oxygen atoms in total. The summed E-state index contributed by atoms with van der Waals surface area (Å²) in [6.07, 6.45) is 3.76. The lowest BCUT2D eigenvalue weighted by Gasteiger charge is -2.21. The largest absolute Gasteiger partial charge is 0.372 e. The van der Waals surface area contributed by atoms with E-state index in [4.69, 9.17) is 0 Å². The van der Waals surface area contributed by atoms with Crippen LogP contribution in [0.2, 0.25) is 0 Å². The summed E-state index contributed by atoms with van der Waals surface area (Å²) in [7, 11) is 0. The van der Waals surface area contributed by atoms with Crippen molar-refractivity contribution in [3.05, 3.63) is 59.4 Å². The summed E-state index contributed by atoms with van der Waals surface area (Å²) in [4.78, 5) is 6.48. The van der Waals surface area contributed by atoms with Crippen molar-refractivity contribution in [2.75, 3.05) is 18.0 Å². The van der Waals surface area contributed by atoms with Crippen LogP contribution >= 0.6 is 0 Å². The quantitative estimate of drug-likeness (QED) is 0.842. The van der Waals surface area contributed by atoms with Gasteiger partial charge in [-0.2, -0.15) is 0 Å². The van der Waals surface area contributed by atoms with Gasteiger partial charge in [-0.15, -0.1) is 0 Å². The fourth-order valence-corrected chi connectivity index (χ4v) is 2.46. The van der Waals surface area contributed by atoms with E-state index in [9.17, 15) is 0 Å². The molecule has 0 amide bonds. The lowest BCUT2D eigenvalue weighted by Crippen LogP contribution is -2.21. The monoisotopic (exact) mass is 283 g/mol. The van der Waals surface area contributed by atoms with Gasteiger partial charge in [0.1, 0.15) is 0 Å². The number of pyridine rings is 1. The van der Waals surface area contributed by atoms with E-state index in [1.165, 1.54) is 22.4 Å². The SMILES string of the molecule is CCN(CC)c1ccc(CNCc2ccncc2C)cc1. The first-order chi connectivity index (χ1) is 10.2. The summed E-state index contributed by atoms with van der Waals surface area (Å²) in [5.74, 6) is 0. The number of aryl methyl sites for hydroxylation is 1. The zero-order chi connectivity index (χ0) is 15.1. The van der Waals surface area contributed by atoms with Gasteiger partial charge in [0.05, 0.1) is 0 Å². The van der Waals surface area contributed by atoms with Crippen molar-refractivity contribution in [3.8, 4) is 0 Å². The average molecular weight is 283 g/mol. The van der Waals surface area contributed by atoms with Gasteiger partial charge in [0.15, 0.2) is 0 Å². The van der Waals surface area contributed by atoms with Crippen molar-refractivity contribution in [1.82, 2.24) is 10.3 Å². The number of nitrogens with one attached hydrogen (secondary N) is 1. The number of anilines is 1. The van der Waals surface area contributed by atoms with Crippen LogP contribution in [0.1, 0.15) is 30.5 Å². The van der Waals surface area contributed by atoms with Gasteiger partial charge >= 0.3 is 0 Å². The van der Waals surface area contributed by atoms with Gasteiger partial charge in [0, 0.05) is 44.3 Å². The summed E-state index contributed by atoms with van der Waals surface area (Å²) >= 11 is 0. The molecule has 0 radical (unpaired) electrons. The Morgan fingerprint density at radius 2 is 1.71 bits per heavy atom. The van der Waals surface area contributed by atoms with E-state index in [0.717, 1.165) is 26.2 Å². The first-order valence-corrected chi connectivity index (χ1v) is 7.68. The minimum Gasteiger partial charge on any atom is -0.372 e. The second kappa shape index (κ2) is 7.79. The Morgan fingerprint density at radius 3 is 2.33 bits per heavy atom. The van der Waals surface area contributed by atoms with E-state index in [0.29, 0.717) is 0 Å². The molecule has 0 aliphatic heterocycles. The molecule has 1 N–H and O–H groups in total. The highest BCUT2D eigenvalue weighted by Gasteiger charge is 2.02. The highest BCUT2D eigenvalue weighted by Crippen LogP contribution is 2.15. The minimum atomic E-state index is 0.881. The molecule has 2 rings (SSSR count). The fraction of sp³-hybridized carbons (Fsp3) is 0.389. The van der Waals surface area contributed by atoms with Crippen molar-refractivity contribution in [2.45, 2.75) is 33.9 Å². The van der Waals surface area contributed by atoms with Crippen LogP contribution in [0.5, 0.6) is 0 Å². The van der Waals surface area contributed by atoms with E-state index in [1.807, 2.05) is 12.4 Å². The van der Waals surface area contributed by atoms with Gasteiger partial charge in [-0.05, 0) is 55.7 Å². The van der Waals surface area contributed by atoms with Crippen LogP contribution in [0.3, 0.4) is 0 Å². The number of rotatable bonds is 7. The van der Waals surface area contributed by atoms with E-state index in [1.54, 1.807) is 0 Å². The van der Waals surface area contributed by atoms with Crippen LogP contribution in [0, 0.1) is 6.92 Å². The van der Waals surface area contributed by atoms with Gasteiger partial charge in [-0.25, -0.2) is 0 Å². The molecule has 1 aromatic heterocycles. The second-order valence-corrected chi connectivity index (χ2v) is 5.24. The number of benzene rings is 1. The van der Waals surface area contributed by atoms with Crippen molar-refractivity contribution in [1.29, 1.82) is 0 Å². The van der Waals surface area contributed by atoms with Crippen LogP contribution in [-0.2, 0) is 13.1 Å². The smallest absolute Gasteiger partial charge is 0.0366 e. The number of nitrogens with zero attached hydrogens (tertiary/aromatic N) is 2. The third-order valence-corrected chi connectivity index (χ3v) is 3.85. The maximum atomic E-state index is 4.12. The Bertz CT molecular complexity index is 545. The first-order valence-electron chi connectivity index (χ1n) is 7.68. The molecular formula is C18H25N3. The van der Waals surface area contributed by atoms with Crippen LogP contribution in [0.4, 0.5) is 5.69 Å². The van der Waals surface area contributed by atoms with Gasteiger partial charge in [-0.3, -0.25) is 4.98 Å². The van der Waals surface area contributed by atoms with Crippen LogP contribution in [-0.4, -0.2) is 18.1 Å². The van der Waals surface area contributed by atoms with Crippen LogP contribution in [0.15, 0.2) is 42.7 Å². The molecule has 0 saturated carbocycles. The zero-order valence-corrected chi connectivity index (χ0v) is 13.3. The van der Waals surface area contributed by atoms with E-state index < -0.39 is 0 Å². The number of hydrogen-bond acceptors (Lipinski definition) is 3. The Hall–Kier alpha value is -1.87. The summed E-state index contributed by atoms with van der Waals surface area (Å²) in [6, 6.07) is 10.9. The molecule has 0 aliphatic rings. The number of aromatic nitrogens is 1. The molecule has 3 heteroatoms. The molecule has 21 heavy (non-hydrogen) atoms. The number of hydrogen-bond donors (Lipinski definition) is 1. The van der Waals surface area contributed by atoms with Crippen molar-refractivity contribution in [2.24, 2.45) is 0 Å². The normalized spacial score (nSPS) is 10.6. The topological polar surface area (TPSA) is 28.2 Å². The van der Waals surface area contributed by atoms with Crippen LogP contribution in [0.25, 0.3) is 0 Å². The zero-order valence-electron chi connectivity index (χ0n) is 13.3. The Balaban J connectivity index is 1.88. The van der Waals surface area contributed by atoms with Gasteiger partial charge in [0.25, 0.3) is 0 Å². The average Bonchev–Trinajstić information content (AvgIpc) is 2.52. The summed E-state index contributed by atoms with van der Waals surface area (Å²) < 4.78 is 0. The molecule has 1 aromatic carbocycles. The van der Waals surface area contributed by atoms with E-state index in [-0.39, 0.29) is 0 Å². The van der Waals surface area contributed by atoms with Crippen LogP contribution < -0.4 is 10.2 Å². The second-order valence-electron chi connectivity index (χ2n) is 5.24. The molecule has 0 saturated heterocycles. The fourth-order valence-electron chi connectivity index (χ4n) is 2.46. The highest BCUT2D eigenvalue weighted by molar-refractivity contribution is 5.47. The summed E-state index contributed by atoms with van der Waals surface area (Å²) in [5, 5.41) is 3.49. The Labute approximate surface area is 128 Å². The third-order valence-electron chi connectivity index (χ3n) is 3.85. The Kier molecular flexibility index (Phi) is 5.76. The predicted octanol–water partition coefficient (Wildman–Crippen LogP) is 3.53. The highest BCUT2D eigenvalue weighted by atomic mass is 15.1. The van der Waals surface area contributed by atoms with Gasteiger partial charge in [-0.1, -0.05) is 12.1 Å². The predicted molar refractivity (Wildman–Crippen MR) is 89.5 cm³/mol.